The molecule has 1 aromatic carbocycles. The number of hydrogen-bond acceptors (Lipinski definition) is 4. The van der Waals surface area contributed by atoms with Gasteiger partial charge >= 0.3 is 0 Å². The topological polar surface area (TPSA) is 76.4 Å². The first-order valence-electron chi connectivity index (χ1n) is 8.29. The third-order valence-electron chi connectivity index (χ3n) is 3.61. The Labute approximate surface area is 147 Å². The Hall–Kier alpha value is -2.64. The summed E-state index contributed by atoms with van der Waals surface area (Å²) in [6.45, 7) is 7.57. The average Bonchev–Trinajstić information content (AvgIpc) is 2.91. The van der Waals surface area contributed by atoms with Crippen molar-refractivity contribution < 1.29 is 9.13 Å². The van der Waals surface area contributed by atoms with E-state index in [0.717, 1.165) is 18.2 Å². The normalized spacial score (nSPS) is 12.8. The molecule has 25 heavy (non-hydrogen) atoms. The molecule has 2 rings (SSSR count). The number of benzene rings is 1. The fourth-order valence-electron chi connectivity index (χ4n) is 2.11. The van der Waals surface area contributed by atoms with Crippen molar-refractivity contribution in [2.75, 3.05) is 13.1 Å². The molecule has 7 nitrogen and oxygen atoms in total. The Kier molecular flexibility index (Phi) is 6.73. The molecular weight excluding hydrogens is 323 g/mol. The van der Waals surface area contributed by atoms with Crippen molar-refractivity contribution in [1.82, 2.24) is 25.4 Å². The van der Waals surface area contributed by atoms with Crippen LogP contribution in [0, 0.1) is 12.7 Å². The Balaban J connectivity index is 1.88. The van der Waals surface area contributed by atoms with Gasteiger partial charge in [-0.2, -0.15) is 0 Å². The van der Waals surface area contributed by atoms with Crippen molar-refractivity contribution in [3.63, 3.8) is 0 Å². The monoisotopic (exact) mass is 348 g/mol. The van der Waals surface area contributed by atoms with Gasteiger partial charge in [0, 0.05) is 13.6 Å². The lowest BCUT2D eigenvalue weighted by atomic mass is 10.3. The van der Waals surface area contributed by atoms with E-state index >= 15 is 0 Å². The summed E-state index contributed by atoms with van der Waals surface area (Å²) in [5.41, 5.74) is 0. The fraction of sp³-hybridized carbons (Fsp3) is 0.471. The molecule has 1 heterocycles. The van der Waals surface area contributed by atoms with Crippen LogP contribution < -0.4 is 15.4 Å². The quantitative estimate of drug-likeness (QED) is 0.589. The number of halogens is 1. The highest BCUT2D eigenvalue weighted by molar-refractivity contribution is 5.79. The van der Waals surface area contributed by atoms with Crippen molar-refractivity contribution in [2.24, 2.45) is 12.0 Å². The molecule has 2 N–H and O–H groups in total. The highest BCUT2D eigenvalue weighted by Gasteiger charge is 2.08. The zero-order chi connectivity index (χ0) is 18.2. The Bertz CT molecular complexity index is 698. The van der Waals surface area contributed by atoms with Crippen LogP contribution in [-0.2, 0) is 13.6 Å². The standard InChI is InChI=1S/C17H25FN6O/c1-5-19-17(21-11-16-23-22-13(3)24(16)4)20-10-12(2)25-15-8-6-14(18)7-9-15/h6-9,12H,5,10-11H2,1-4H3,(H2,19,20,21). The maximum atomic E-state index is 12.9. The van der Waals surface area contributed by atoms with Gasteiger partial charge in [-0.05, 0) is 45.0 Å². The molecule has 136 valence electrons. The first-order chi connectivity index (χ1) is 12.0. The number of nitrogens with zero attached hydrogens (tertiary/aromatic N) is 4. The summed E-state index contributed by atoms with van der Waals surface area (Å²) < 4.78 is 20.6. The third kappa shape index (κ3) is 5.74. The molecule has 0 radical (unpaired) electrons. The molecule has 1 aromatic heterocycles. The third-order valence-corrected chi connectivity index (χ3v) is 3.61. The smallest absolute Gasteiger partial charge is 0.191 e. The molecule has 0 aliphatic carbocycles. The summed E-state index contributed by atoms with van der Waals surface area (Å²) in [6.07, 6.45) is -0.105. The highest BCUT2D eigenvalue weighted by Crippen LogP contribution is 2.12. The molecule has 0 saturated carbocycles. The number of hydrogen-bond donors (Lipinski definition) is 2. The minimum atomic E-state index is -0.279. The lowest BCUT2D eigenvalue weighted by molar-refractivity contribution is 0.223. The molecule has 0 amide bonds. The Morgan fingerprint density at radius 2 is 2.00 bits per heavy atom. The van der Waals surface area contributed by atoms with Crippen molar-refractivity contribution >= 4 is 5.96 Å². The zero-order valence-electron chi connectivity index (χ0n) is 15.1. The van der Waals surface area contributed by atoms with Gasteiger partial charge in [0.25, 0.3) is 0 Å². The van der Waals surface area contributed by atoms with Crippen LogP contribution in [0.15, 0.2) is 29.3 Å². The summed E-state index contributed by atoms with van der Waals surface area (Å²) in [5.74, 6) is 2.68. The molecule has 0 spiro atoms. The zero-order valence-corrected chi connectivity index (χ0v) is 15.1. The number of guanidine groups is 1. The SMILES string of the molecule is CCNC(=NCc1nnc(C)n1C)NCC(C)Oc1ccc(F)cc1. The average molecular weight is 348 g/mol. The van der Waals surface area contributed by atoms with E-state index in [1.54, 1.807) is 12.1 Å². The molecule has 0 bridgehead atoms. The lowest BCUT2D eigenvalue weighted by Gasteiger charge is -2.17. The van der Waals surface area contributed by atoms with E-state index < -0.39 is 0 Å². The first kappa shape index (κ1) is 18.7. The van der Waals surface area contributed by atoms with Crippen LogP contribution in [0.3, 0.4) is 0 Å². The van der Waals surface area contributed by atoms with E-state index in [1.807, 2.05) is 32.4 Å². The number of aromatic nitrogens is 3. The minimum absolute atomic E-state index is 0.105. The molecule has 0 aliphatic heterocycles. The van der Waals surface area contributed by atoms with Crippen molar-refractivity contribution in [2.45, 2.75) is 33.4 Å². The van der Waals surface area contributed by atoms with Crippen LogP contribution in [0.5, 0.6) is 5.75 Å². The summed E-state index contributed by atoms with van der Waals surface area (Å²) in [6, 6.07) is 5.98. The molecule has 0 aliphatic rings. The minimum Gasteiger partial charge on any atom is -0.489 e. The van der Waals surface area contributed by atoms with Gasteiger partial charge in [-0.1, -0.05) is 0 Å². The van der Waals surface area contributed by atoms with Gasteiger partial charge in [-0.3, -0.25) is 0 Å². The van der Waals surface area contributed by atoms with Crippen molar-refractivity contribution in [3.05, 3.63) is 41.7 Å². The molecular formula is C17H25FN6O. The number of aryl methyl sites for hydroxylation is 1. The van der Waals surface area contributed by atoms with E-state index in [2.05, 4.69) is 25.8 Å². The van der Waals surface area contributed by atoms with E-state index in [4.69, 9.17) is 4.74 Å². The second-order valence-electron chi connectivity index (χ2n) is 5.68. The molecule has 1 atom stereocenters. The molecule has 8 heteroatoms. The molecule has 0 fully saturated rings. The maximum absolute atomic E-state index is 12.9. The van der Waals surface area contributed by atoms with E-state index in [9.17, 15) is 4.39 Å². The van der Waals surface area contributed by atoms with Crippen LogP contribution in [0.4, 0.5) is 4.39 Å². The fourth-order valence-corrected chi connectivity index (χ4v) is 2.11. The molecule has 0 saturated heterocycles. The van der Waals surface area contributed by atoms with Gasteiger partial charge in [0.2, 0.25) is 0 Å². The highest BCUT2D eigenvalue weighted by atomic mass is 19.1. The maximum Gasteiger partial charge on any atom is 0.191 e. The number of rotatable bonds is 7. The number of nitrogens with one attached hydrogen (secondary N) is 2. The number of aliphatic imine (C=N–C) groups is 1. The van der Waals surface area contributed by atoms with Crippen molar-refractivity contribution in [3.8, 4) is 5.75 Å². The van der Waals surface area contributed by atoms with E-state index in [-0.39, 0.29) is 11.9 Å². The first-order valence-corrected chi connectivity index (χ1v) is 8.29. The van der Waals surface area contributed by atoms with Crippen LogP contribution in [0.1, 0.15) is 25.5 Å². The Morgan fingerprint density at radius 1 is 1.28 bits per heavy atom. The summed E-state index contributed by atoms with van der Waals surface area (Å²) in [4.78, 5) is 4.51. The van der Waals surface area contributed by atoms with Gasteiger partial charge in [-0.25, -0.2) is 9.38 Å². The molecule has 2 aromatic rings. The number of ether oxygens (including phenoxy) is 1. The van der Waals surface area contributed by atoms with E-state index in [0.29, 0.717) is 24.8 Å². The molecule has 1 unspecified atom stereocenters. The van der Waals surface area contributed by atoms with Gasteiger partial charge < -0.3 is 19.9 Å². The largest absolute Gasteiger partial charge is 0.489 e. The second-order valence-corrected chi connectivity index (χ2v) is 5.68. The Morgan fingerprint density at radius 3 is 2.60 bits per heavy atom. The van der Waals surface area contributed by atoms with Crippen LogP contribution in [0.2, 0.25) is 0 Å². The second kappa shape index (κ2) is 9.00. The summed E-state index contributed by atoms with van der Waals surface area (Å²) in [7, 11) is 1.92. The van der Waals surface area contributed by atoms with Crippen molar-refractivity contribution in [1.29, 1.82) is 0 Å². The summed E-state index contributed by atoms with van der Waals surface area (Å²) in [5, 5.41) is 14.5. The van der Waals surface area contributed by atoms with Crippen LogP contribution in [0.25, 0.3) is 0 Å². The van der Waals surface area contributed by atoms with Crippen LogP contribution >= 0.6 is 0 Å². The van der Waals surface area contributed by atoms with Crippen LogP contribution in [-0.4, -0.2) is 39.9 Å². The van der Waals surface area contributed by atoms with Gasteiger partial charge in [0.1, 0.15) is 30.0 Å². The van der Waals surface area contributed by atoms with Gasteiger partial charge in [-0.15, -0.1) is 10.2 Å². The van der Waals surface area contributed by atoms with Gasteiger partial charge in [0.05, 0.1) is 6.54 Å². The lowest BCUT2D eigenvalue weighted by Crippen LogP contribution is -2.41. The predicted molar refractivity (Wildman–Crippen MR) is 95.0 cm³/mol. The van der Waals surface area contributed by atoms with E-state index in [1.165, 1.54) is 12.1 Å². The predicted octanol–water partition coefficient (Wildman–Crippen LogP) is 1.79. The summed E-state index contributed by atoms with van der Waals surface area (Å²) >= 11 is 0. The van der Waals surface area contributed by atoms with Gasteiger partial charge in [0.15, 0.2) is 11.8 Å².